The molecule has 0 aliphatic carbocycles. The normalized spacial score (nSPS) is 17.9. The Balaban J connectivity index is 2.09. The molecule has 1 fully saturated rings. The molecule has 0 aromatic heterocycles. The van der Waals surface area contributed by atoms with Crippen LogP contribution < -0.4 is 10.1 Å². The summed E-state index contributed by atoms with van der Waals surface area (Å²) in [5.74, 6) is -2.85. The molecular formula is C15H16F4N2O4. The quantitative estimate of drug-likeness (QED) is 0.805. The molecule has 1 heterocycles. The number of urea groups is 1. The van der Waals surface area contributed by atoms with E-state index in [1.165, 1.54) is 4.90 Å². The summed E-state index contributed by atoms with van der Waals surface area (Å²) in [6, 6.07) is 1.99. The maximum atomic E-state index is 13.4. The lowest BCUT2D eigenvalue weighted by atomic mass is 9.99. The van der Waals surface area contributed by atoms with Crippen LogP contribution in [-0.2, 0) is 4.79 Å². The van der Waals surface area contributed by atoms with Crippen molar-refractivity contribution >= 4 is 17.7 Å². The van der Waals surface area contributed by atoms with Crippen molar-refractivity contribution in [2.75, 3.05) is 25.0 Å². The van der Waals surface area contributed by atoms with E-state index in [0.29, 0.717) is 19.4 Å². The van der Waals surface area contributed by atoms with Gasteiger partial charge in [0.1, 0.15) is 11.6 Å². The van der Waals surface area contributed by atoms with Gasteiger partial charge in [-0.15, -0.1) is 0 Å². The maximum Gasteiger partial charge on any atom is 0.422 e. The number of nitrogens with one attached hydrogen (secondary N) is 1. The maximum absolute atomic E-state index is 13.4. The van der Waals surface area contributed by atoms with Gasteiger partial charge in [0.15, 0.2) is 6.61 Å². The molecule has 2 amide bonds. The molecule has 1 aliphatic rings. The minimum Gasteiger partial charge on any atom is -0.482 e. The summed E-state index contributed by atoms with van der Waals surface area (Å²) in [6.07, 6.45) is -3.68. The van der Waals surface area contributed by atoms with Crippen LogP contribution in [0.25, 0.3) is 0 Å². The molecule has 0 spiro atoms. The van der Waals surface area contributed by atoms with Gasteiger partial charge in [-0.05, 0) is 25.0 Å². The zero-order valence-electron chi connectivity index (χ0n) is 13.0. The molecule has 1 aromatic carbocycles. The van der Waals surface area contributed by atoms with E-state index in [4.69, 9.17) is 5.11 Å². The van der Waals surface area contributed by atoms with Crippen molar-refractivity contribution in [2.24, 2.45) is 5.92 Å². The third-order valence-corrected chi connectivity index (χ3v) is 3.63. The zero-order valence-corrected chi connectivity index (χ0v) is 13.0. The number of ether oxygens (including phenoxy) is 1. The first-order chi connectivity index (χ1) is 11.7. The number of carbonyl (C=O) groups excluding carboxylic acids is 1. The molecule has 1 aromatic rings. The molecule has 0 radical (unpaired) electrons. The molecule has 138 valence electrons. The number of hydrogen-bond donors (Lipinski definition) is 2. The van der Waals surface area contributed by atoms with Crippen LogP contribution in [0.2, 0.25) is 0 Å². The summed E-state index contributed by atoms with van der Waals surface area (Å²) >= 11 is 0. The fourth-order valence-corrected chi connectivity index (χ4v) is 2.44. The van der Waals surface area contributed by atoms with Crippen molar-refractivity contribution in [1.29, 1.82) is 0 Å². The molecule has 1 saturated heterocycles. The van der Waals surface area contributed by atoms with Gasteiger partial charge in [-0.2, -0.15) is 13.2 Å². The zero-order chi connectivity index (χ0) is 18.6. The van der Waals surface area contributed by atoms with Crippen LogP contribution in [0.4, 0.5) is 28.0 Å². The van der Waals surface area contributed by atoms with E-state index in [9.17, 15) is 27.2 Å². The lowest BCUT2D eigenvalue weighted by Gasteiger charge is -2.30. The highest BCUT2D eigenvalue weighted by molar-refractivity contribution is 5.91. The first-order valence-electron chi connectivity index (χ1n) is 7.43. The van der Waals surface area contributed by atoms with Gasteiger partial charge in [0.2, 0.25) is 0 Å². The molecule has 1 aliphatic heterocycles. The molecule has 0 bridgehead atoms. The number of benzene rings is 1. The highest BCUT2D eigenvalue weighted by Crippen LogP contribution is 2.28. The van der Waals surface area contributed by atoms with Gasteiger partial charge >= 0.3 is 18.2 Å². The van der Waals surface area contributed by atoms with Gasteiger partial charge in [-0.25, -0.2) is 9.18 Å². The van der Waals surface area contributed by atoms with E-state index in [1.807, 2.05) is 0 Å². The predicted molar refractivity (Wildman–Crippen MR) is 78.9 cm³/mol. The van der Waals surface area contributed by atoms with E-state index in [2.05, 4.69) is 10.1 Å². The van der Waals surface area contributed by atoms with E-state index < -0.39 is 36.5 Å². The number of piperidine rings is 1. The minimum absolute atomic E-state index is 0.0325. The Labute approximate surface area is 140 Å². The van der Waals surface area contributed by atoms with Gasteiger partial charge in [0.05, 0.1) is 11.6 Å². The Morgan fingerprint density at radius 2 is 2.08 bits per heavy atom. The number of halogens is 4. The number of rotatable bonds is 4. The number of carboxylic acid groups (broad SMARTS) is 1. The van der Waals surface area contributed by atoms with Gasteiger partial charge in [-0.3, -0.25) is 4.79 Å². The second-order valence-corrected chi connectivity index (χ2v) is 5.60. The average molecular weight is 364 g/mol. The van der Waals surface area contributed by atoms with Crippen molar-refractivity contribution < 1.29 is 37.0 Å². The first kappa shape index (κ1) is 18.8. The van der Waals surface area contributed by atoms with Gasteiger partial charge < -0.3 is 20.1 Å². The highest BCUT2D eigenvalue weighted by atomic mass is 19.4. The Morgan fingerprint density at radius 1 is 1.36 bits per heavy atom. The number of anilines is 1. The smallest absolute Gasteiger partial charge is 0.422 e. The van der Waals surface area contributed by atoms with Crippen molar-refractivity contribution in [2.45, 2.75) is 19.0 Å². The Kier molecular flexibility index (Phi) is 5.70. The third kappa shape index (κ3) is 5.50. The van der Waals surface area contributed by atoms with Crippen LogP contribution in [0.15, 0.2) is 18.2 Å². The van der Waals surface area contributed by atoms with Crippen LogP contribution in [0.3, 0.4) is 0 Å². The fraction of sp³-hybridized carbons (Fsp3) is 0.467. The number of nitrogens with zero attached hydrogens (tertiary/aromatic N) is 1. The Hall–Kier alpha value is -2.52. The van der Waals surface area contributed by atoms with E-state index in [1.54, 1.807) is 0 Å². The Bertz CT molecular complexity index is 651. The lowest BCUT2D eigenvalue weighted by Crippen LogP contribution is -2.44. The average Bonchev–Trinajstić information content (AvgIpc) is 2.53. The van der Waals surface area contributed by atoms with Crippen LogP contribution >= 0.6 is 0 Å². The van der Waals surface area contributed by atoms with E-state index >= 15 is 0 Å². The summed E-state index contributed by atoms with van der Waals surface area (Å²) in [5, 5.41) is 11.3. The predicted octanol–water partition coefficient (Wildman–Crippen LogP) is 3.10. The lowest BCUT2D eigenvalue weighted by molar-refractivity contribution is -0.153. The topological polar surface area (TPSA) is 78.9 Å². The van der Waals surface area contributed by atoms with Crippen molar-refractivity contribution in [3.8, 4) is 5.75 Å². The van der Waals surface area contributed by atoms with Gasteiger partial charge in [0, 0.05) is 19.2 Å². The van der Waals surface area contributed by atoms with E-state index in [0.717, 1.165) is 18.2 Å². The minimum atomic E-state index is -4.59. The molecule has 25 heavy (non-hydrogen) atoms. The number of amides is 2. The highest BCUT2D eigenvalue weighted by Gasteiger charge is 2.30. The van der Waals surface area contributed by atoms with Crippen LogP contribution in [0.5, 0.6) is 5.75 Å². The summed E-state index contributed by atoms with van der Waals surface area (Å²) in [4.78, 5) is 24.5. The number of aliphatic carboxylic acids is 1. The molecule has 1 atom stereocenters. The number of likely N-dealkylation sites (tertiary alicyclic amines) is 1. The number of carboxylic acids is 1. The monoisotopic (exact) mass is 364 g/mol. The molecule has 6 nitrogen and oxygen atoms in total. The Morgan fingerprint density at radius 3 is 2.72 bits per heavy atom. The number of hydrogen-bond acceptors (Lipinski definition) is 3. The summed E-state index contributed by atoms with van der Waals surface area (Å²) in [6.45, 7) is -1.33. The molecule has 10 heteroatoms. The number of alkyl halides is 3. The van der Waals surface area contributed by atoms with E-state index in [-0.39, 0.29) is 18.0 Å². The van der Waals surface area contributed by atoms with Gasteiger partial charge in [0.25, 0.3) is 0 Å². The summed E-state index contributed by atoms with van der Waals surface area (Å²) in [7, 11) is 0. The number of carbonyl (C=O) groups is 2. The molecule has 2 rings (SSSR count). The SMILES string of the molecule is O=C(O)C1CCCN(C(=O)Nc2cc(F)ccc2OCC(F)(F)F)C1. The largest absolute Gasteiger partial charge is 0.482 e. The first-order valence-corrected chi connectivity index (χ1v) is 7.43. The summed E-state index contributed by atoms with van der Waals surface area (Å²) in [5.41, 5.74) is -0.258. The second kappa shape index (κ2) is 7.58. The fourth-order valence-electron chi connectivity index (χ4n) is 2.44. The van der Waals surface area contributed by atoms with Crippen LogP contribution in [0.1, 0.15) is 12.8 Å². The van der Waals surface area contributed by atoms with Crippen LogP contribution in [0, 0.1) is 11.7 Å². The molecule has 1 unspecified atom stereocenters. The third-order valence-electron chi connectivity index (χ3n) is 3.63. The van der Waals surface area contributed by atoms with Crippen LogP contribution in [-0.4, -0.2) is 47.9 Å². The van der Waals surface area contributed by atoms with Crippen molar-refractivity contribution in [3.05, 3.63) is 24.0 Å². The van der Waals surface area contributed by atoms with Crippen molar-refractivity contribution in [3.63, 3.8) is 0 Å². The molecular weight excluding hydrogens is 348 g/mol. The molecule has 0 saturated carbocycles. The summed E-state index contributed by atoms with van der Waals surface area (Å²) < 4.78 is 54.8. The second-order valence-electron chi connectivity index (χ2n) is 5.60. The molecule has 2 N–H and O–H groups in total. The standard InChI is InChI=1S/C15H16F4N2O4/c16-10-3-4-12(25-8-15(17,18)19)11(6-10)20-14(24)21-5-1-2-9(7-21)13(22)23/h3-4,6,9H,1-2,5,7-8H2,(H,20,24)(H,22,23). The van der Waals surface area contributed by atoms with Gasteiger partial charge in [-0.1, -0.05) is 0 Å². The van der Waals surface area contributed by atoms with Crippen molar-refractivity contribution in [1.82, 2.24) is 4.90 Å².